The highest BCUT2D eigenvalue weighted by atomic mass is 32.2. The van der Waals surface area contributed by atoms with Crippen LogP contribution in [0.15, 0.2) is 47.4 Å². The first kappa shape index (κ1) is 23.0. The molecule has 1 amide bonds. The van der Waals surface area contributed by atoms with Crippen LogP contribution >= 0.6 is 0 Å². The molecule has 1 aliphatic rings. The Bertz CT molecular complexity index is 1330. The molecule has 2 N–H and O–H groups in total. The molecule has 0 spiro atoms. The van der Waals surface area contributed by atoms with Crippen molar-refractivity contribution < 1.29 is 27.5 Å². The minimum atomic E-state index is -3.26. The molecule has 0 saturated carbocycles. The van der Waals surface area contributed by atoms with Crippen molar-refractivity contribution >= 4 is 32.6 Å². The van der Waals surface area contributed by atoms with Crippen LogP contribution in [-0.4, -0.2) is 42.3 Å². The third-order valence-corrected chi connectivity index (χ3v) is 7.21. The summed E-state index contributed by atoms with van der Waals surface area (Å²) in [7, 11) is -3.26. The lowest BCUT2D eigenvalue weighted by atomic mass is 9.91. The number of rotatable bonds is 7. The molecule has 1 aromatic heterocycles. The lowest BCUT2D eigenvalue weighted by molar-refractivity contribution is -0.137. The number of aryl methyl sites for hydroxylation is 1. The Kier molecular flexibility index (Phi) is 6.25. The second kappa shape index (κ2) is 8.97. The first-order valence-electron chi connectivity index (χ1n) is 10.7. The Morgan fingerprint density at radius 3 is 2.58 bits per heavy atom. The number of sulfone groups is 1. The molecule has 0 aliphatic heterocycles. The number of nitrogens with one attached hydrogen (secondary N) is 1. The standard InChI is InChI=1S/C24H25FN2O5S/c1-33(31,32)18-7-2-15(3-8-18)4-11-23(28)26-17-6-10-22-20(13-17)19-12-16(25)5-9-21(19)27(22)14-24(29)30/h2-3,5,7-9,12,17H,4,6,10-11,13-14H2,1H3,(H,26,28)(H,29,30)/t17-/m0/s1. The molecule has 33 heavy (non-hydrogen) atoms. The van der Waals surface area contributed by atoms with Crippen molar-refractivity contribution in [3.63, 3.8) is 0 Å². The molecule has 0 saturated heterocycles. The summed E-state index contributed by atoms with van der Waals surface area (Å²) in [6.07, 6.45) is 3.67. The van der Waals surface area contributed by atoms with Gasteiger partial charge in [0.2, 0.25) is 5.91 Å². The molecule has 4 rings (SSSR count). The lowest BCUT2D eigenvalue weighted by Crippen LogP contribution is -2.39. The van der Waals surface area contributed by atoms with Crippen LogP contribution in [0.2, 0.25) is 0 Å². The van der Waals surface area contributed by atoms with Gasteiger partial charge in [-0.2, -0.15) is 0 Å². The van der Waals surface area contributed by atoms with Gasteiger partial charge in [-0.15, -0.1) is 0 Å². The van der Waals surface area contributed by atoms with Crippen LogP contribution in [-0.2, 0) is 45.2 Å². The lowest BCUT2D eigenvalue weighted by Gasteiger charge is -2.25. The number of halogens is 1. The van der Waals surface area contributed by atoms with E-state index in [1.165, 1.54) is 24.3 Å². The first-order chi connectivity index (χ1) is 15.6. The number of amides is 1. The molecule has 7 nitrogen and oxygen atoms in total. The first-order valence-corrected chi connectivity index (χ1v) is 12.6. The van der Waals surface area contributed by atoms with Crippen LogP contribution in [0.1, 0.15) is 29.7 Å². The van der Waals surface area contributed by atoms with Crippen molar-refractivity contribution in [2.45, 2.75) is 49.6 Å². The maximum Gasteiger partial charge on any atom is 0.323 e. The molecule has 1 heterocycles. The average Bonchev–Trinajstić information content (AvgIpc) is 3.04. The number of carboxylic acids is 1. The summed E-state index contributed by atoms with van der Waals surface area (Å²) >= 11 is 0. The molecular formula is C24H25FN2O5S. The number of carboxylic acid groups (broad SMARTS) is 1. The monoisotopic (exact) mass is 472 g/mol. The van der Waals surface area contributed by atoms with Crippen molar-refractivity contribution in [3.8, 4) is 0 Å². The van der Waals surface area contributed by atoms with E-state index in [4.69, 9.17) is 0 Å². The van der Waals surface area contributed by atoms with Crippen molar-refractivity contribution in [2.75, 3.05) is 6.26 Å². The number of fused-ring (bicyclic) bond motifs is 3. The number of hydrogen-bond donors (Lipinski definition) is 2. The van der Waals surface area contributed by atoms with E-state index >= 15 is 0 Å². The van der Waals surface area contributed by atoms with Gasteiger partial charge in [-0.3, -0.25) is 9.59 Å². The van der Waals surface area contributed by atoms with Crippen molar-refractivity contribution in [1.82, 2.24) is 9.88 Å². The van der Waals surface area contributed by atoms with E-state index in [2.05, 4.69) is 5.32 Å². The van der Waals surface area contributed by atoms with Crippen molar-refractivity contribution in [2.24, 2.45) is 0 Å². The third-order valence-electron chi connectivity index (χ3n) is 6.08. The van der Waals surface area contributed by atoms with E-state index in [-0.39, 0.29) is 35.6 Å². The van der Waals surface area contributed by atoms with Gasteiger partial charge < -0.3 is 15.0 Å². The number of hydrogen-bond acceptors (Lipinski definition) is 4. The van der Waals surface area contributed by atoms with Gasteiger partial charge in [-0.25, -0.2) is 12.8 Å². The Morgan fingerprint density at radius 1 is 1.18 bits per heavy atom. The molecule has 0 radical (unpaired) electrons. The molecule has 1 atom stereocenters. The zero-order valence-electron chi connectivity index (χ0n) is 18.2. The highest BCUT2D eigenvalue weighted by Gasteiger charge is 2.27. The molecule has 0 unspecified atom stereocenters. The summed E-state index contributed by atoms with van der Waals surface area (Å²) in [5.74, 6) is -1.46. The van der Waals surface area contributed by atoms with Gasteiger partial charge >= 0.3 is 5.97 Å². The fourth-order valence-corrected chi connectivity index (χ4v) is 5.15. The van der Waals surface area contributed by atoms with Crippen LogP contribution in [0.3, 0.4) is 0 Å². The second-order valence-corrected chi connectivity index (χ2v) is 10.5. The number of nitrogens with zero attached hydrogens (tertiary/aromatic N) is 1. The summed E-state index contributed by atoms with van der Waals surface area (Å²) in [6.45, 7) is -0.188. The Balaban J connectivity index is 1.44. The van der Waals surface area contributed by atoms with Crippen LogP contribution in [0, 0.1) is 5.82 Å². The van der Waals surface area contributed by atoms with E-state index < -0.39 is 15.8 Å². The summed E-state index contributed by atoms with van der Waals surface area (Å²) in [6, 6.07) is 10.7. The minimum Gasteiger partial charge on any atom is -0.480 e. The highest BCUT2D eigenvalue weighted by Crippen LogP contribution is 2.33. The highest BCUT2D eigenvalue weighted by molar-refractivity contribution is 7.90. The number of carbonyl (C=O) groups excluding carboxylic acids is 1. The molecule has 0 fully saturated rings. The summed E-state index contributed by atoms with van der Waals surface area (Å²) < 4.78 is 38.8. The quantitative estimate of drug-likeness (QED) is 0.550. The zero-order chi connectivity index (χ0) is 23.8. The van der Waals surface area contributed by atoms with Gasteiger partial charge in [0, 0.05) is 35.3 Å². The van der Waals surface area contributed by atoms with Gasteiger partial charge in [0.15, 0.2) is 9.84 Å². The maximum atomic E-state index is 13.9. The zero-order valence-corrected chi connectivity index (χ0v) is 19.0. The fourth-order valence-electron chi connectivity index (χ4n) is 4.52. The van der Waals surface area contributed by atoms with Crippen LogP contribution in [0.4, 0.5) is 4.39 Å². The van der Waals surface area contributed by atoms with Gasteiger partial charge in [0.1, 0.15) is 12.4 Å². The number of aromatic nitrogens is 1. The topological polar surface area (TPSA) is 105 Å². The molecule has 2 aromatic carbocycles. The Labute approximate surface area is 191 Å². The average molecular weight is 473 g/mol. The van der Waals surface area contributed by atoms with E-state index in [9.17, 15) is 27.5 Å². The van der Waals surface area contributed by atoms with Crippen molar-refractivity contribution in [3.05, 3.63) is 65.1 Å². The summed E-state index contributed by atoms with van der Waals surface area (Å²) in [5, 5.41) is 13.0. The SMILES string of the molecule is CS(=O)(=O)c1ccc(CCC(=O)N[C@H]2CCc3c(c4cc(F)ccc4n3CC(=O)O)C2)cc1. The Morgan fingerprint density at radius 2 is 1.91 bits per heavy atom. The number of carbonyl (C=O) groups is 2. The van der Waals surface area contributed by atoms with Gasteiger partial charge in [0.05, 0.1) is 4.90 Å². The number of benzene rings is 2. The maximum absolute atomic E-state index is 13.9. The Hall–Kier alpha value is -3.20. The van der Waals surface area contributed by atoms with E-state index in [0.717, 1.165) is 23.1 Å². The van der Waals surface area contributed by atoms with E-state index in [1.807, 2.05) is 0 Å². The summed E-state index contributed by atoms with van der Waals surface area (Å²) in [4.78, 5) is 24.1. The van der Waals surface area contributed by atoms with Crippen LogP contribution in [0.5, 0.6) is 0 Å². The predicted octanol–water partition coefficient (Wildman–Crippen LogP) is 2.87. The van der Waals surface area contributed by atoms with E-state index in [0.29, 0.717) is 36.6 Å². The van der Waals surface area contributed by atoms with Crippen LogP contribution in [0.25, 0.3) is 10.9 Å². The molecular weight excluding hydrogens is 447 g/mol. The molecule has 174 valence electrons. The summed E-state index contributed by atoms with van der Waals surface area (Å²) in [5.41, 5.74) is 3.33. The molecule has 1 aliphatic carbocycles. The second-order valence-electron chi connectivity index (χ2n) is 8.49. The normalized spacial score (nSPS) is 15.9. The number of aliphatic carboxylic acids is 1. The molecule has 9 heteroatoms. The van der Waals surface area contributed by atoms with Gasteiger partial charge in [-0.1, -0.05) is 12.1 Å². The largest absolute Gasteiger partial charge is 0.480 e. The third kappa shape index (κ3) is 5.08. The molecule has 3 aromatic rings. The fraction of sp³-hybridized carbons (Fsp3) is 0.333. The van der Waals surface area contributed by atoms with Gasteiger partial charge in [-0.05, 0) is 67.1 Å². The molecule has 0 bridgehead atoms. The van der Waals surface area contributed by atoms with Gasteiger partial charge in [0.25, 0.3) is 0 Å². The van der Waals surface area contributed by atoms with E-state index in [1.54, 1.807) is 22.8 Å². The predicted molar refractivity (Wildman–Crippen MR) is 121 cm³/mol. The smallest absolute Gasteiger partial charge is 0.323 e. The van der Waals surface area contributed by atoms with Crippen LogP contribution < -0.4 is 5.32 Å². The minimum absolute atomic E-state index is 0.115. The van der Waals surface area contributed by atoms with Crippen molar-refractivity contribution in [1.29, 1.82) is 0 Å².